The molecule has 4 atom stereocenters. The first-order chi connectivity index (χ1) is 5.08. The minimum Gasteiger partial charge on any atom is -0.0622 e. The summed E-state index contributed by atoms with van der Waals surface area (Å²) in [4.78, 5) is 0. The Kier molecular flexibility index (Phi) is 0.832. The van der Waals surface area contributed by atoms with E-state index in [1.165, 1.54) is 0 Å². The van der Waals surface area contributed by atoms with Crippen LogP contribution in [0.4, 0.5) is 0 Å². The molecule has 0 heteroatoms. The molecule has 4 fully saturated rings. The zero-order chi connectivity index (χ0) is 7.85. The molecule has 3 unspecified atom stereocenters. The van der Waals surface area contributed by atoms with Gasteiger partial charge in [0.05, 0.1) is 0 Å². The maximum Gasteiger partial charge on any atom is -0.0209 e. The fraction of sp³-hybridized carbons (Fsp3) is 1.00. The molecular formula is C11H18. The molecule has 4 saturated carbocycles. The fourth-order valence-corrected chi connectivity index (χ4v) is 4.40. The van der Waals surface area contributed by atoms with Crippen LogP contribution in [0.2, 0.25) is 0 Å². The Balaban J connectivity index is 2.01. The van der Waals surface area contributed by atoms with Gasteiger partial charge in [-0.2, -0.15) is 0 Å². The highest BCUT2D eigenvalue weighted by Crippen LogP contribution is 2.83. The Labute approximate surface area is 69.4 Å². The Hall–Kier alpha value is 0. The molecule has 0 aromatic heterocycles. The van der Waals surface area contributed by atoms with Gasteiger partial charge in [0.25, 0.3) is 0 Å². The van der Waals surface area contributed by atoms with E-state index in [0.717, 1.165) is 28.6 Å². The van der Waals surface area contributed by atoms with Crippen LogP contribution >= 0.6 is 0 Å². The van der Waals surface area contributed by atoms with Gasteiger partial charge in [-0.15, -0.1) is 0 Å². The molecule has 0 aromatic carbocycles. The van der Waals surface area contributed by atoms with E-state index < -0.39 is 0 Å². The van der Waals surface area contributed by atoms with Crippen LogP contribution in [0.15, 0.2) is 0 Å². The van der Waals surface area contributed by atoms with Crippen LogP contribution in [0.1, 0.15) is 40.0 Å². The topological polar surface area (TPSA) is 0 Å². The van der Waals surface area contributed by atoms with Crippen molar-refractivity contribution in [3.05, 3.63) is 0 Å². The second-order valence-corrected chi connectivity index (χ2v) is 5.80. The standard InChI is InChI=1S/C11H18/c1-7-4-8-5-11(8)6-9(7)10(11,2)3/h7-9H,4-6H2,1-3H3/t7?,8?,9-,11?/m0/s1. The molecule has 0 N–H and O–H groups in total. The summed E-state index contributed by atoms with van der Waals surface area (Å²) in [5.41, 5.74) is 1.58. The molecule has 62 valence electrons. The Morgan fingerprint density at radius 2 is 1.91 bits per heavy atom. The quantitative estimate of drug-likeness (QED) is 0.498. The predicted octanol–water partition coefficient (Wildman–Crippen LogP) is 3.08. The van der Waals surface area contributed by atoms with Crippen molar-refractivity contribution in [2.45, 2.75) is 40.0 Å². The van der Waals surface area contributed by atoms with Crippen LogP contribution in [0.3, 0.4) is 0 Å². The van der Waals surface area contributed by atoms with E-state index >= 15 is 0 Å². The lowest BCUT2D eigenvalue weighted by molar-refractivity contribution is -0.118. The van der Waals surface area contributed by atoms with Crippen molar-refractivity contribution in [2.24, 2.45) is 28.6 Å². The molecule has 0 radical (unpaired) electrons. The van der Waals surface area contributed by atoms with Gasteiger partial charge in [0.1, 0.15) is 0 Å². The monoisotopic (exact) mass is 150 g/mol. The minimum absolute atomic E-state index is 0.718. The van der Waals surface area contributed by atoms with Crippen LogP contribution in [-0.4, -0.2) is 0 Å². The highest BCUT2D eigenvalue weighted by Gasteiger charge is 2.75. The third-order valence-electron chi connectivity index (χ3n) is 5.37. The summed E-state index contributed by atoms with van der Waals surface area (Å²) < 4.78 is 0. The molecule has 11 heavy (non-hydrogen) atoms. The summed E-state index contributed by atoms with van der Waals surface area (Å²) in [7, 11) is 0. The van der Waals surface area contributed by atoms with Crippen LogP contribution < -0.4 is 0 Å². The number of hydrogen-bond donors (Lipinski definition) is 0. The van der Waals surface area contributed by atoms with Crippen molar-refractivity contribution in [1.29, 1.82) is 0 Å². The fourth-order valence-electron chi connectivity index (χ4n) is 4.40. The average molecular weight is 150 g/mol. The number of rotatable bonds is 0. The van der Waals surface area contributed by atoms with Crippen molar-refractivity contribution in [2.75, 3.05) is 0 Å². The van der Waals surface area contributed by atoms with Crippen LogP contribution in [0.5, 0.6) is 0 Å². The smallest absolute Gasteiger partial charge is 0.0209 e. The number of hydrogen-bond acceptors (Lipinski definition) is 0. The van der Waals surface area contributed by atoms with Gasteiger partial charge in [0, 0.05) is 0 Å². The van der Waals surface area contributed by atoms with E-state index in [9.17, 15) is 0 Å². The van der Waals surface area contributed by atoms with E-state index in [1.807, 2.05) is 0 Å². The van der Waals surface area contributed by atoms with Gasteiger partial charge in [0.2, 0.25) is 0 Å². The molecular weight excluding hydrogens is 132 g/mol. The van der Waals surface area contributed by atoms with Gasteiger partial charge in [-0.3, -0.25) is 0 Å². The molecule has 4 rings (SSSR count). The molecule has 0 aromatic rings. The van der Waals surface area contributed by atoms with Gasteiger partial charge in [-0.25, -0.2) is 0 Å². The molecule has 4 aliphatic carbocycles. The summed E-state index contributed by atoms with van der Waals surface area (Å²) in [6.45, 7) is 7.49. The van der Waals surface area contributed by atoms with Gasteiger partial charge in [0.15, 0.2) is 0 Å². The van der Waals surface area contributed by atoms with E-state index in [2.05, 4.69) is 20.8 Å². The van der Waals surface area contributed by atoms with Crippen molar-refractivity contribution < 1.29 is 0 Å². The summed E-state index contributed by atoms with van der Waals surface area (Å²) >= 11 is 0. The largest absolute Gasteiger partial charge is 0.0622 e. The van der Waals surface area contributed by atoms with Gasteiger partial charge in [-0.05, 0) is 47.8 Å². The van der Waals surface area contributed by atoms with Gasteiger partial charge < -0.3 is 0 Å². The summed E-state index contributed by atoms with van der Waals surface area (Å²) in [6, 6.07) is 0. The second-order valence-electron chi connectivity index (χ2n) is 5.80. The Morgan fingerprint density at radius 1 is 1.18 bits per heavy atom. The van der Waals surface area contributed by atoms with E-state index in [-0.39, 0.29) is 0 Å². The highest BCUT2D eigenvalue weighted by atomic mass is 14.8. The number of fused-ring (bicyclic) bond motifs is 1. The summed E-state index contributed by atoms with van der Waals surface area (Å²) in [5.74, 6) is 3.23. The van der Waals surface area contributed by atoms with Crippen molar-refractivity contribution in [3.8, 4) is 0 Å². The molecule has 4 aliphatic rings. The van der Waals surface area contributed by atoms with E-state index in [4.69, 9.17) is 0 Å². The first-order valence-corrected chi connectivity index (χ1v) is 5.08. The van der Waals surface area contributed by atoms with Crippen LogP contribution in [0, 0.1) is 28.6 Å². The van der Waals surface area contributed by atoms with Gasteiger partial charge >= 0.3 is 0 Å². The molecule has 0 heterocycles. The van der Waals surface area contributed by atoms with Crippen LogP contribution in [0.25, 0.3) is 0 Å². The lowest BCUT2D eigenvalue weighted by atomic mass is 9.44. The zero-order valence-electron chi connectivity index (χ0n) is 7.85. The zero-order valence-corrected chi connectivity index (χ0v) is 7.85. The molecule has 2 bridgehead atoms. The summed E-state index contributed by atoms with van der Waals surface area (Å²) in [5, 5.41) is 0. The van der Waals surface area contributed by atoms with Crippen molar-refractivity contribution in [3.63, 3.8) is 0 Å². The van der Waals surface area contributed by atoms with Crippen LogP contribution in [-0.2, 0) is 0 Å². The first kappa shape index (κ1) is 6.51. The normalized spacial score (nSPS) is 63.0. The van der Waals surface area contributed by atoms with E-state index in [0.29, 0.717) is 0 Å². The van der Waals surface area contributed by atoms with Gasteiger partial charge in [-0.1, -0.05) is 20.8 Å². The predicted molar refractivity (Wildman–Crippen MR) is 46.2 cm³/mol. The minimum atomic E-state index is 0.718. The molecule has 0 aliphatic heterocycles. The molecule has 0 saturated heterocycles. The third-order valence-corrected chi connectivity index (χ3v) is 5.37. The molecule has 0 amide bonds. The maximum atomic E-state index is 2.51. The maximum absolute atomic E-state index is 2.51. The molecule has 0 nitrogen and oxygen atoms in total. The SMILES string of the molecule is CC1CC2CC23C[C@@H]1C3(C)C. The summed E-state index contributed by atoms with van der Waals surface area (Å²) in [6.07, 6.45) is 4.70. The van der Waals surface area contributed by atoms with Crippen molar-refractivity contribution in [1.82, 2.24) is 0 Å². The Bertz CT molecular complexity index is 216. The highest BCUT2D eigenvalue weighted by molar-refractivity contribution is 5.24. The lowest BCUT2D eigenvalue weighted by Gasteiger charge is -2.60. The molecule has 1 spiro atoms. The lowest BCUT2D eigenvalue weighted by Crippen LogP contribution is -2.53. The first-order valence-electron chi connectivity index (χ1n) is 5.08. The van der Waals surface area contributed by atoms with E-state index in [1.54, 1.807) is 19.3 Å². The Morgan fingerprint density at radius 3 is 2.45 bits per heavy atom. The second kappa shape index (κ2) is 1.41. The van der Waals surface area contributed by atoms with Crippen molar-refractivity contribution >= 4 is 0 Å². The average Bonchev–Trinajstić information content (AvgIpc) is 2.62. The third kappa shape index (κ3) is 0.467.